The molecular formula is C28H36N2O2. The minimum Gasteiger partial charge on any atom is -0.359 e. The number of piperidine rings is 1. The Balaban J connectivity index is 1.46. The van der Waals surface area contributed by atoms with Crippen molar-refractivity contribution < 1.29 is 9.59 Å². The monoisotopic (exact) mass is 432 g/mol. The highest BCUT2D eigenvalue weighted by atomic mass is 16.2. The summed E-state index contributed by atoms with van der Waals surface area (Å²) in [6, 6.07) is 18.8. The highest BCUT2D eigenvalue weighted by molar-refractivity contribution is 5.84. The number of carbonyl (C=O) groups is 2. The van der Waals surface area contributed by atoms with E-state index in [4.69, 9.17) is 0 Å². The molecule has 1 N–H and O–H groups in total. The number of rotatable bonds is 7. The molecule has 1 aliphatic carbocycles. The summed E-state index contributed by atoms with van der Waals surface area (Å²) in [5.41, 5.74) is 3.09. The highest BCUT2D eigenvalue weighted by Crippen LogP contribution is 2.38. The van der Waals surface area contributed by atoms with E-state index in [1.807, 2.05) is 11.0 Å². The molecule has 0 radical (unpaired) electrons. The maximum Gasteiger partial charge on any atom is 0.226 e. The summed E-state index contributed by atoms with van der Waals surface area (Å²) in [6.07, 6.45) is 9.03. The molecule has 4 heteroatoms. The van der Waals surface area contributed by atoms with Crippen LogP contribution >= 0.6 is 0 Å². The second-order valence-electron chi connectivity index (χ2n) is 9.63. The van der Waals surface area contributed by atoms with Gasteiger partial charge in [0.25, 0.3) is 0 Å². The van der Waals surface area contributed by atoms with Crippen molar-refractivity contribution in [2.75, 3.05) is 20.1 Å². The van der Waals surface area contributed by atoms with E-state index in [1.54, 1.807) is 7.05 Å². The molecule has 0 bridgehead atoms. The average molecular weight is 433 g/mol. The molecule has 0 unspecified atom stereocenters. The first-order valence-corrected chi connectivity index (χ1v) is 12.2. The van der Waals surface area contributed by atoms with E-state index in [1.165, 1.54) is 42.4 Å². The first-order valence-electron chi connectivity index (χ1n) is 12.2. The van der Waals surface area contributed by atoms with Gasteiger partial charge in [0.1, 0.15) is 0 Å². The van der Waals surface area contributed by atoms with E-state index in [0.717, 1.165) is 12.3 Å². The average Bonchev–Trinajstić information content (AvgIpc) is 3.37. The molecule has 1 aliphatic heterocycles. The molecule has 2 aromatic carbocycles. The zero-order chi connectivity index (χ0) is 22.4. The molecule has 0 aromatic heterocycles. The lowest BCUT2D eigenvalue weighted by Gasteiger charge is -2.41. The van der Waals surface area contributed by atoms with Crippen molar-refractivity contribution in [1.29, 1.82) is 0 Å². The van der Waals surface area contributed by atoms with Gasteiger partial charge >= 0.3 is 0 Å². The van der Waals surface area contributed by atoms with Gasteiger partial charge in [-0.25, -0.2) is 0 Å². The van der Waals surface area contributed by atoms with E-state index >= 15 is 0 Å². The first kappa shape index (κ1) is 22.6. The number of nitrogens with zero attached hydrogens (tertiary/aromatic N) is 1. The minimum atomic E-state index is -0.470. The van der Waals surface area contributed by atoms with Crippen LogP contribution in [-0.2, 0) is 16.0 Å². The van der Waals surface area contributed by atoms with Crippen LogP contribution in [0.1, 0.15) is 56.9 Å². The third kappa shape index (κ3) is 5.06. The maximum atomic E-state index is 13.1. The van der Waals surface area contributed by atoms with Gasteiger partial charge in [-0.15, -0.1) is 0 Å². The molecule has 2 aromatic rings. The van der Waals surface area contributed by atoms with E-state index in [2.05, 4.69) is 53.8 Å². The van der Waals surface area contributed by atoms with Crippen LogP contribution in [0.3, 0.4) is 0 Å². The van der Waals surface area contributed by atoms with Gasteiger partial charge in [0.05, 0.1) is 5.41 Å². The quantitative estimate of drug-likeness (QED) is 0.652. The lowest BCUT2D eigenvalue weighted by molar-refractivity contribution is -0.140. The Morgan fingerprint density at radius 2 is 1.62 bits per heavy atom. The van der Waals surface area contributed by atoms with Crippen LogP contribution in [0.5, 0.6) is 0 Å². The Labute approximate surface area is 192 Å². The van der Waals surface area contributed by atoms with Crippen LogP contribution in [-0.4, -0.2) is 36.9 Å². The van der Waals surface area contributed by atoms with E-state index < -0.39 is 5.41 Å². The second-order valence-corrected chi connectivity index (χ2v) is 9.63. The van der Waals surface area contributed by atoms with Crippen LogP contribution < -0.4 is 5.32 Å². The van der Waals surface area contributed by atoms with Crippen molar-refractivity contribution in [2.45, 2.75) is 57.8 Å². The number of likely N-dealkylation sites (tertiary alicyclic amines) is 1. The normalized spacial score (nSPS) is 18.5. The Kier molecular flexibility index (Phi) is 7.29. The first-order chi connectivity index (χ1) is 15.6. The smallest absolute Gasteiger partial charge is 0.226 e. The largest absolute Gasteiger partial charge is 0.359 e. The molecular weight excluding hydrogens is 396 g/mol. The summed E-state index contributed by atoms with van der Waals surface area (Å²) < 4.78 is 0. The summed E-state index contributed by atoms with van der Waals surface area (Å²) in [5, 5.41) is 2.92. The van der Waals surface area contributed by atoms with Gasteiger partial charge in [-0.2, -0.15) is 0 Å². The zero-order valence-corrected chi connectivity index (χ0v) is 19.3. The van der Waals surface area contributed by atoms with Gasteiger partial charge in [-0.05, 0) is 48.3 Å². The van der Waals surface area contributed by atoms with Gasteiger partial charge in [0, 0.05) is 26.6 Å². The Morgan fingerprint density at radius 3 is 2.31 bits per heavy atom. The third-order valence-electron chi connectivity index (χ3n) is 7.65. The van der Waals surface area contributed by atoms with Crippen molar-refractivity contribution in [3.05, 3.63) is 60.2 Å². The predicted octanol–water partition coefficient (Wildman–Crippen LogP) is 5.22. The number of hydrogen-bond donors (Lipinski definition) is 1. The summed E-state index contributed by atoms with van der Waals surface area (Å²) in [6.45, 7) is 1.34. The summed E-state index contributed by atoms with van der Waals surface area (Å²) in [5.74, 6) is 1.11. The summed E-state index contributed by atoms with van der Waals surface area (Å²) in [4.78, 5) is 27.9. The summed E-state index contributed by atoms with van der Waals surface area (Å²) >= 11 is 0. The zero-order valence-electron chi connectivity index (χ0n) is 19.3. The molecule has 1 heterocycles. The molecule has 1 saturated carbocycles. The SMILES string of the molecule is CNC(=O)C1(Cc2ccccc2-c2ccccc2)CCN(C(=O)CCC2CCCC2)CC1. The molecule has 4 nitrogen and oxygen atoms in total. The standard InChI is InChI=1S/C28H36N2O2/c1-29-27(32)28(21-24-13-7-8-14-25(24)23-11-3-2-4-12-23)17-19-30(20-18-28)26(31)16-15-22-9-5-6-10-22/h2-4,7-8,11-14,22H,5-6,9-10,15-21H2,1H3,(H,29,32). The molecule has 2 amide bonds. The third-order valence-corrected chi connectivity index (χ3v) is 7.65. The maximum absolute atomic E-state index is 13.1. The molecule has 2 aliphatic rings. The van der Waals surface area contributed by atoms with Crippen molar-refractivity contribution in [3.63, 3.8) is 0 Å². The Hall–Kier alpha value is -2.62. The Morgan fingerprint density at radius 1 is 0.969 bits per heavy atom. The highest BCUT2D eigenvalue weighted by Gasteiger charge is 2.42. The molecule has 170 valence electrons. The van der Waals surface area contributed by atoms with Crippen LogP contribution in [0.25, 0.3) is 11.1 Å². The van der Waals surface area contributed by atoms with Crippen LogP contribution in [0.15, 0.2) is 54.6 Å². The van der Waals surface area contributed by atoms with Crippen molar-refractivity contribution in [1.82, 2.24) is 10.2 Å². The molecule has 0 atom stereocenters. The van der Waals surface area contributed by atoms with Gasteiger partial charge in [-0.3, -0.25) is 9.59 Å². The fourth-order valence-corrected chi connectivity index (χ4v) is 5.66. The van der Waals surface area contributed by atoms with Crippen LogP contribution in [0.4, 0.5) is 0 Å². The van der Waals surface area contributed by atoms with Crippen LogP contribution in [0, 0.1) is 11.3 Å². The number of benzene rings is 2. The van der Waals surface area contributed by atoms with Crippen molar-refractivity contribution in [3.8, 4) is 11.1 Å². The predicted molar refractivity (Wildman–Crippen MR) is 129 cm³/mol. The molecule has 4 rings (SSSR count). The van der Waals surface area contributed by atoms with Gasteiger partial charge in [0.2, 0.25) is 11.8 Å². The fraction of sp³-hybridized carbons (Fsp3) is 0.500. The topological polar surface area (TPSA) is 49.4 Å². The lowest BCUT2D eigenvalue weighted by atomic mass is 9.72. The second kappa shape index (κ2) is 10.3. The number of nitrogens with one attached hydrogen (secondary N) is 1. The number of hydrogen-bond acceptors (Lipinski definition) is 2. The molecule has 32 heavy (non-hydrogen) atoms. The van der Waals surface area contributed by atoms with Crippen molar-refractivity contribution in [2.24, 2.45) is 11.3 Å². The van der Waals surface area contributed by atoms with E-state index in [-0.39, 0.29) is 11.8 Å². The lowest BCUT2D eigenvalue weighted by Crippen LogP contribution is -2.50. The van der Waals surface area contributed by atoms with E-state index in [9.17, 15) is 9.59 Å². The van der Waals surface area contributed by atoms with Gasteiger partial charge in [0.15, 0.2) is 0 Å². The molecule has 2 fully saturated rings. The van der Waals surface area contributed by atoms with Gasteiger partial charge in [-0.1, -0.05) is 80.3 Å². The minimum absolute atomic E-state index is 0.0958. The van der Waals surface area contributed by atoms with Crippen molar-refractivity contribution >= 4 is 11.8 Å². The Bertz CT molecular complexity index is 910. The van der Waals surface area contributed by atoms with Crippen LogP contribution in [0.2, 0.25) is 0 Å². The fourth-order valence-electron chi connectivity index (χ4n) is 5.66. The number of amides is 2. The number of carbonyl (C=O) groups excluding carboxylic acids is 2. The van der Waals surface area contributed by atoms with Gasteiger partial charge < -0.3 is 10.2 Å². The summed E-state index contributed by atoms with van der Waals surface area (Å²) in [7, 11) is 1.73. The van der Waals surface area contributed by atoms with E-state index in [0.29, 0.717) is 38.8 Å². The molecule has 1 saturated heterocycles. The molecule has 0 spiro atoms.